The molecule has 0 aromatic heterocycles. The third-order valence-electron chi connectivity index (χ3n) is 3.45. The molecule has 100 valence electrons. The van der Waals surface area contributed by atoms with Crippen LogP contribution in [0.15, 0.2) is 0 Å². The van der Waals surface area contributed by atoms with Gasteiger partial charge in [0, 0.05) is 6.04 Å². The summed E-state index contributed by atoms with van der Waals surface area (Å²) in [7, 11) is 0. The van der Waals surface area contributed by atoms with Gasteiger partial charge in [-0.2, -0.15) is 0 Å². The van der Waals surface area contributed by atoms with Gasteiger partial charge in [0.25, 0.3) is 0 Å². The highest BCUT2D eigenvalue weighted by Gasteiger charge is 2.20. The molecule has 1 N–H and O–H groups in total. The van der Waals surface area contributed by atoms with Crippen LogP contribution in [0, 0.1) is 5.92 Å². The van der Waals surface area contributed by atoms with E-state index >= 15 is 0 Å². The van der Waals surface area contributed by atoms with Gasteiger partial charge in [-0.3, -0.25) is 4.79 Å². The molecule has 0 aromatic rings. The SMILES string of the molecule is CCCC1CCC(NCC(=O)OC(C)C)CC1. The van der Waals surface area contributed by atoms with Crippen molar-refractivity contribution >= 4 is 5.97 Å². The largest absolute Gasteiger partial charge is 0.462 e. The first-order chi connectivity index (χ1) is 8.11. The Morgan fingerprint density at radius 2 is 1.94 bits per heavy atom. The van der Waals surface area contributed by atoms with Crippen molar-refractivity contribution in [1.29, 1.82) is 0 Å². The molecule has 0 radical (unpaired) electrons. The van der Waals surface area contributed by atoms with Crippen LogP contribution in [-0.2, 0) is 9.53 Å². The first kappa shape index (κ1) is 14.5. The Morgan fingerprint density at radius 1 is 1.29 bits per heavy atom. The molecule has 1 fully saturated rings. The molecule has 1 aliphatic carbocycles. The minimum atomic E-state index is -0.129. The van der Waals surface area contributed by atoms with Crippen LogP contribution in [0.4, 0.5) is 0 Å². The van der Waals surface area contributed by atoms with Gasteiger partial charge >= 0.3 is 5.97 Å². The Hall–Kier alpha value is -0.570. The molecular formula is C14H27NO2. The van der Waals surface area contributed by atoms with Crippen LogP contribution in [0.25, 0.3) is 0 Å². The van der Waals surface area contributed by atoms with Gasteiger partial charge in [-0.1, -0.05) is 19.8 Å². The maximum atomic E-state index is 11.4. The topological polar surface area (TPSA) is 38.3 Å². The molecule has 1 rings (SSSR count). The van der Waals surface area contributed by atoms with Crippen LogP contribution >= 0.6 is 0 Å². The van der Waals surface area contributed by atoms with Crippen LogP contribution < -0.4 is 5.32 Å². The number of nitrogens with one attached hydrogen (secondary N) is 1. The van der Waals surface area contributed by atoms with Crippen molar-refractivity contribution in [2.24, 2.45) is 5.92 Å². The van der Waals surface area contributed by atoms with Gasteiger partial charge in [0.05, 0.1) is 12.6 Å². The van der Waals surface area contributed by atoms with Crippen molar-refractivity contribution in [3.8, 4) is 0 Å². The molecule has 1 saturated carbocycles. The smallest absolute Gasteiger partial charge is 0.320 e. The maximum absolute atomic E-state index is 11.4. The number of hydrogen-bond acceptors (Lipinski definition) is 3. The van der Waals surface area contributed by atoms with E-state index in [1.165, 1.54) is 38.5 Å². The fourth-order valence-electron chi connectivity index (χ4n) is 2.60. The summed E-state index contributed by atoms with van der Waals surface area (Å²) in [5, 5.41) is 3.31. The first-order valence-electron chi connectivity index (χ1n) is 7.04. The van der Waals surface area contributed by atoms with Crippen LogP contribution in [0.1, 0.15) is 59.3 Å². The Labute approximate surface area is 105 Å². The molecule has 1 aliphatic rings. The van der Waals surface area contributed by atoms with Gasteiger partial charge in [-0.05, 0) is 45.4 Å². The molecule has 17 heavy (non-hydrogen) atoms. The lowest BCUT2D eigenvalue weighted by molar-refractivity contribution is -0.146. The lowest BCUT2D eigenvalue weighted by atomic mass is 9.83. The average Bonchev–Trinajstić information content (AvgIpc) is 2.28. The summed E-state index contributed by atoms with van der Waals surface area (Å²) >= 11 is 0. The van der Waals surface area contributed by atoms with E-state index < -0.39 is 0 Å². The second kappa shape index (κ2) is 7.70. The summed E-state index contributed by atoms with van der Waals surface area (Å²) in [6.45, 7) is 6.38. The summed E-state index contributed by atoms with van der Waals surface area (Å²) in [5.74, 6) is 0.788. The Balaban J connectivity index is 2.11. The number of ether oxygens (including phenoxy) is 1. The average molecular weight is 241 g/mol. The number of carbonyl (C=O) groups excluding carboxylic acids is 1. The number of esters is 1. The lowest BCUT2D eigenvalue weighted by Crippen LogP contribution is -2.37. The fraction of sp³-hybridized carbons (Fsp3) is 0.929. The second-order valence-corrected chi connectivity index (χ2v) is 5.43. The van der Waals surface area contributed by atoms with Gasteiger partial charge in [-0.15, -0.1) is 0 Å². The zero-order chi connectivity index (χ0) is 12.7. The summed E-state index contributed by atoms with van der Waals surface area (Å²) in [5.41, 5.74) is 0. The lowest BCUT2D eigenvalue weighted by Gasteiger charge is -2.28. The molecule has 3 nitrogen and oxygen atoms in total. The van der Waals surface area contributed by atoms with Crippen LogP contribution in [0.2, 0.25) is 0 Å². The molecule has 0 amide bonds. The normalized spacial score (nSPS) is 24.9. The Morgan fingerprint density at radius 3 is 2.47 bits per heavy atom. The van der Waals surface area contributed by atoms with E-state index in [1.807, 2.05) is 13.8 Å². The second-order valence-electron chi connectivity index (χ2n) is 5.43. The molecule has 3 heteroatoms. The molecule has 0 bridgehead atoms. The van der Waals surface area contributed by atoms with E-state index in [1.54, 1.807) is 0 Å². The minimum absolute atomic E-state index is 0.00964. The minimum Gasteiger partial charge on any atom is -0.462 e. The van der Waals surface area contributed by atoms with Crippen molar-refractivity contribution in [3.05, 3.63) is 0 Å². The maximum Gasteiger partial charge on any atom is 0.320 e. The van der Waals surface area contributed by atoms with E-state index in [9.17, 15) is 4.79 Å². The van der Waals surface area contributed by atoms with Gasteiger partial charge < -0.3 is 10.1 Å². The zero-order valence-corrected chi connectivity index (χ0v) is 11.5. The van der Waals surface area contributed by atoms with Crippen molar-refractivity contribution < 1.29 is 9.53 Å². The summed E-state index contributed by atoms with van der Waals surface area (Å²) in [6.07, 6.45) is 7.69. The zero-order valence-electron chi connectivity index (χ0n) is 11.5. The highest BCUT2D eigenvalue weighted by atomic mass is 16.5. The van der Waals surface area contributed by atoms with Crippen LogP contribution in [0.5, 0.6) is 0 Å². The van der Waals surface area contributed by atoms with Crippen molar-refractivity contribution in [3.63, 3.8) is 0 Å². The van der Waals surface area contributed by atoms with E-state index in [0.29, 0.717) is 12.6 Å². The van der Waals surface area contributed by atoms with Crippen molar-refractivity contribution in [2.45, 2.75) is 71.4 Å². The van der Waals surface area contributed by atoms with Gasteiger partial charge in [0.15, 0.2) is 0 Å². The van der Waals surface area contributed by atoms with Gasteiger partial charge in [-0.25, -0.2) is 0 Å². The summed E-state index contributed by atoms with van der Waals surface area (Å²) < 4.78 is 5.10. The van der Waals surface area contributed by atoms with Crippen molar-refractivity contribution in [1.82, 2.24) is 5.32 Å². The van der Waals surface area contributed by atoms with Crippen molar-refractivity contribution in [2.75, 3.05) is 6.54 Å². The van der Waals surface area contributed by atoms with E-state index in [4.69, 9.17) is 4.74 Å². The van der Waals surface area contributed by atoms with Gasteiger partial charge in [0.1, 0.15) is 0 Å². The van der Waals surface area contributed by atoms with E-state index in [-0.39, 0.29) is 12.1 Å². The highest BCUT2D eigenvalue weighted by molar-refractivity contribution is 5.71. The molecule has 0 heterocycles. The monoisotopic (exact) mass is 241 g/mol. The number of rotatable bonds is 6. The standard InChI is InChI=1S/C14H27NO2/c1-4-5-12-6-8-13(9-7-12)15-10-14(16)17-11(2)3/h11-13,15H,4-10H2,1-3H3. The molecule has 0 saturated heterocycles. The predicted molar refractivity (Wildman–Crippen MR) is 69.9 cm³/mol. The quantitative estimate of drug-likeness (QED) is 0.727. The molecule has 0 unspecified atom stereocenters. The van der Waals surface area contributed by atoms with Gasteiger partial charge in [0.2, 0.25) is 0 Å². The van der Waals surface area contributed by atoms with E-state index in [0.717, 1.165) is 5.92 Å². The molecule has 0 atom stereocenters. The molecular weight excluding hydrogens is 214 g/mol. The fourth-order valence-corrected chi connectivity index (χ4v) is 2.60. The molecule has 0 aliphatic heterocycles. The summed E-state index contributed by atoms with van der Waals surface area (Å²) in [6, 6.07) is 0.516. The highest BCUT2D eigenvalue weighted by Crippen LogP contribution is 2.27. The van der Waals surface area contributed by atoms with E-state index in [2.05, 4.69) is 12.2 Å². The predicted octanol–water partition coefficient (Wildman–Crippen LogP) is 2.89. The third-order valence-corrected chi connectivity index (χ3v) is 3.45. The van der Waals surface area contributed by atoms with Crippen LogP contribution in [-0.4, -0.2) is 24.7 Å². The Bertz CT molecular complexity index is 220. The first-order valence-corrected chi connectivity index (χ1v) is 7.04. The molecule has 0 spiro atoms. The number of carbonyl (C=O) groups is 1. The Kier molecular flexibility index (Phi) is 6.56. The number of hydrogen-bond donors (Lipinski definition) is 1. The van der Waals surface area contributed by atoms with Crippen LogP contribution in [0.3, 0.4) is 0 Å². The summed E-state index contributed by atoms with van der Waals surface area (Å²) in [4.78, 5) is 11.4. The third kappa shape index (κ3) is 6.06. The molecule has 0 aromatic carbocycles.